The first-order valence-electron chi connectivity index (χ1n) is 5.85. The second-order valence-corrected chi connectivity index (χ2v) is 7.72. The van der Waals surface area contributed by atoms with E-state index in [1.54, 1.807) is 17.8 Å². The summed E-state index contributed by atoms with van der Waals surface area (Å²) in [4.78, 5) is 0.278. The van der Waals surface area contributed by atoms with Crippen molar-refractivity contribution in [1.29, 1.82) is 0 Å². The van der Waals surface area contributed by atoms with Gasteiger partial charge in [-0.1, -0.05) is 6.07 Å². The van der Waals surface area contributed by atoms with Crippen molar-refractivity contribution >= 4 is 37.7 Å². The van der Waals surface area contributed by atoms with E-state index in [0.29, 0.717) is 11.0 Å². The average molecular weight is 367 g/mol. The second-order valence-electron chi connectivity index (χ2n) is 4.27. The van der Waals surface area contributed by atoms with Gasteiger partial charge >= 0.3 is 0 Å². The molecule has 1 rings (SSSR count). The Bertz CT molecular complexity index is 520. The third kappa shape index (κ3) is 5.07. The predicted octanol–water partition coefficient (Wildman–Crippen LogP) is 2.20. The van der Waals surface area contributed by atoms with Crippen LogP contribution in [0.1, 0.15) is 12.5 Å². The minimum absolute atomic E-state index is 0.0936. The molecule has 0 aliphatic rings. The fourth-order valence-electron chi connectivity index (χ4n) is 1.69. The molecular formula is C12H19BrN2O2S2. The standard InChI is InChI=1S/C12H19BrN2O2S2/c1-9(8-18-3)15-19(16,17)12-5-4-10(7-14-2)6-11(12)13/h4-6,9,14-15H,7-8H2,1-3H3. The quantitative estimate of drug-likeness (QED) is 0.776. The molecule has 1 unspecified atom stereocenters. The summed E-state index contributed by atoms with van der Waals surface area (Å²) in [7, 11) is -1.62. The first-order chi connectivity index (χ1) is 8.90. The van der Waals surface area contributed by atoms with Crippen molar-refractivity contribution in [3.05, 3.63) is 28.2 Å². The number of nitrogens with one attached hydrogen (secondary N) is 2. The molecule has 2 N–H and O–H groups in total. The maximum atomic E-state index is 12.2. The SMILES string of the molecule is CNCc1ccc(S(=O)(=O)NC(C)CSC)c(Br)c1. The van der Waals surface area contributed by atoms with Crippen LogP contribution in [0.25, 0.3) is 0 Å². The van der Waals surface area contributed by atoms with Crippen LogP contribution in [0.2, 0.25) is 0 Å². The lowest BCUT2D eigenvalue weighted by Crippen LogP contribution is -2.34. The number of hydrogen-bond acceptors (Lipinski definition) is 4. The lowest BCUT2D eigenvalue weighted by molar-refractivity contribution is 0.570. The van der Waals surface area contributed by atoms with Crippen LogP contribution < -0.4 is 10.0 Å². The topological polar surface area (TPSA) is 58.2 Å². The maximum Gasteiger partial charge on any atom is 0.241 e. The molecule has 0 fully saturated rings. The van der Waals surface area contributed by atoms with Gasteiger partial charge < -0.3 is 5.32 Å². The highest BCUT2D eigenvalue weighted by atomic mass is 79.9. The van der Waals surface area contributed by atoms with E-state index < -0.39 is 10.0 Å². The van der Waals surface area contributed by atoms with E-state index in [1.807, 2.05) is 32.4 Å². The van der Waals surface area contributed by atoms with Crippen molar-refractivity contribution < 1.29 is 8.42 Å². The van der Waals surface area contributed by atoms with Gasteiger partial charge in [0.25, 0.3) is 0 Å². The monoisotopic (exact) mass is 366 g/mol. The van der Waals surface area contributed by atoms with Crippen molar-refractivity contribution in [1.82, 2.24) is 10.0 Å². The Morgan fingerprint density at radius 2 is 2.11 bits per heavy atom. The van der Waals surface area contributed by atoms with E-state index >= 15 is 0 Å². The Balaban J connectivity index is 2.95. The molecule has 108 valence electrons. The summed E-state index contributed by atoms with van der Waals surface area (Å²) in [6, 6.07) is 5.17. The van der Waals surface area contributed by atoms with Crippen LogP contribution in [0, 0.1) is 0 Å². The van der Waals surface area contributed by atoms with Gasteiger partial charge in [-0.05, 0) is 53.9 Å². The third-order valence-corrected chi connectivity index (χ3v) is 5.84. The van der Waals surface area contributed by atoms with Crippen molar-refractivity contribution in [2.24, 2.45) is 0 Å². The number of halogens is 1. The van der Waals surface area contributed by atoms with Crippen LogP contribution in [-0.4, -0.2) is 33.5 Å². The first kappa shape index (κ1) is 17.0. The van der Waals surface area contributed by atoms with Crippen molar-refractivity contribution in [2.45, 2.75) is 24.4 Å². The summed E-state index contributed by atoms with van der Waals surface area (Å²) in [6.07, 6.45) is 1.95. The molecular weight excluding hydrogens is 348 g/mol. The Kier molecular flexibility index (Phi) is 6.82. The number of benzene rings is 1. The summed E-state index contributed by atoms with van der Waals surface area (Å²) in [5.74, 6) is 0.745. The van der Waals surface area contributed by atoms with E-state index in [1.165, 1.54) is 0 Å². The summed E-state index contributed by atoms with van der Waals surface area (Å²) in [5.41, 5.74) is 1.03. The highest BCUT2D eigenvalue weighted by Gasteiger charge is 2.20. The normalized spacial score (nSPS) is 13.5. The molecule has 0 aliphatic heterocycles. The zero-order valence-corrected chi connectivity index (χ0v) is 14.5. The Morgan fingerprint density at radius 1 is 1.42 bits per heavy atom. The highest BCUT2D eigenvalue weighted by molar-refractivity contribution is 9.10. The fraction of sp³-hybridized carbons (Fsp3) is 0.500. The van der Waals surface area contributed by atoms with Gasteiger partial charge in [0.1, 0.15) is 0 Å². The lowest BCUT2D eigenvalue weighted by Gasteiger charge is -2.14. The van der Waals surface area contributed by atoms with E-state index in [4.69, 9.17) is 0 Å². The van der Waals surface area contributed by atoms with Crippen LogP contribution in [0.15, 0.2) is 27.6 Å². The molecule has 0 amide bonds. The van der Waals surface area contributed by atoms with E-state index in [0.717, 1.165) is 11.3 Å². The average Bonchev–Trinajstić information content (AvgIpc) is 2.28. The number of hydrogen-bond donors (Lipinski definition) is 2. The number of sulfonamides is 1. The van der Waals surface area contributed by atoms with Crippen molar-refractivity contribution in [3.8, 4) is 0 Å². The molecule has 1 aromatic carbocycles. The zero-order chi connectivity index (χ0) is 14.5. The zero-order valence-electron chi connectivity index (χ0n) is 11.2. The molecule has 0 radical (unpaired) electrons. The smallest absolute Gasteiger partial charge is 0.241 e. The number of rotatable bonds is 7. The fourth-order valence-corrected chi connectivity index (χ4v) is 4.75. The highest BCUT2D eigenvalue weighted by Crippen LogP contribution is 2.23. The van der Waals surface area contributed by atoms with Gasteiger partial charge in [-0.2, -0.15) is 11.8 Å². The van der Waals surface area contributed by atoms with Gasteiger partial charge in [0.05, 0.1) is 4.90 Å². The van der Waals surface area contributed by atoms with Gasteiger partial charge in [0.15, 0.2) is 0 Å². The Labute approximate surface area is 127 Å². The molecule has 0 saturated heterocycles. The molecule has 0 spiro atoms. The lowest BCUT2D eigenvalue weighted by atomic mass is 10.2. The molecule has 4 nitrogen and oxygen atoms in total. The Morgan fingerprint density at radius 3 is 2.63 bits per heavy atom. The van der Waals surface area contributed by atoms with Gasteiger partial charge in [-0.25, -0.2) is 13.1 Å². The maximum absolute atomic E-state index is 12.2. The molecule has 7 heteroatoms. The van der Waals surface area contributed by atoms with Crippen LogP contribution in [0.5, 0.6) is 0 Å². The van der Waals surface area contributed by atoms with Gasteiger partial charge in [-0.3, -0.25) is 0 Å². The Hall–Kier alpha value is -0.0800. The van der Waals surface area contributed by atoms with E-state index in [2.05, 4.69) is 26.0 Å². The summed E-state index contributed by atoms with van der Waals surface area (Å²) in [6.45, 7) is 2.56. The largest absolute Gasteiger partial charge is 0.316 e. The molecule has 0 bridgehead atoms. The molecule has 0 aromatic heterocycles. The summed E-state index contributed by atoms with van der Waals surface area (Å²) >= 11 is 4.94. The predicted molar refractivity (Wildman–Crippen MR) is 85.1 cm³/mol. The van der Waals surface area contributed by atoms with Gasteiger partial charge in [0, 0.05) is 22.8 Å². The summed E-state index contributed by atoms with van der Waals surface area (Å²) < 4.78 is 27.7. The van der Waals surface area contributed by atoms with Crippen molar-refractivity contribution in [3.63, 3.8) is 0 Å². The van der Waals surface area contributed by atoms with Gasteiger partial charge in [-0.15, -0.1) is 0 Å². The molecule has 1 atom stereocenters. The van der Waals surface area contributed by atoms with Crippen LogP contribution in [0.3, 0.4) is 0 Å². The van der Waals surface area contributed by atoms with Crippen LogP contribution >= 0.6 is 27.7 Å². The molecule has 1 aromatic rings. The number of thioether (sulfide) groups is 1. The minimum atomic E-state index is -3.47. The van der Waals surface area contributed by atoms with Crippen molar-refractivity contribution in [2.75, 3.05) is 19.1 Å². The molecule has 19 heavy (non-hydrogen) atoms. The van der Waals surface area contributed by atoms with Crippen LogP contribution in [0.4, 0.5) is 0 Å². The molecule has 0 heterocycles. The second kappa shape index (κ2) is 7.64. The van der Waals surface area contributed by atoms with Gasteiger partial charge in [0.2, 0.25) is 10.0 Å². The van der Waals surface area contributed by atoms with E-state index in [-0.39, 0.29) is 10.9 Å². The van der Waals surface area contributed by atoms with E-state index in [9.17, 15) is 8.42 Å². The van der Waals surface area contributed by atoms with Crippen LogP contribution in [-0.2, 0) is 16.6 Å². The third-order valence-electron chi connectivity index (χ3n) is 2.44. The first-order valence-corrected chi connectivity index (χ1v) is 9.52. The minimum Gasteiger partial charge on any atom is -0.316 e. The molecule has 0 aliphatic carbocycles. The summed E-state index contributed by atoms with van der Waals surface area (Å²) in [5, 5.41) is 3.03. The molecule has 0 saturated carbocycles.